The Hall–Kier alpha value is -0.890. The van der Waals surface area contributed by atoms with Crippen LogP contribution in [0.4, 0.5) is 0 Å². The Labute approximate surface area is 90.4 Å². The normalized spacial score (nSPS) is 24.5. The van der Waals surface area contributed by atoms with E-state index in [1.165, 1.54) is 36.1 Å². The monoisotopic (exact) mass is 203 g/mol. The van der Waals surface area contributed by atoms with Crippen LogP contribution in [0.15, 0.2) is 6.07 Å². The molecule has 1 N–H and O–H groups in total. The maximum Gasteiger partial charge on any atom is 0.0962 e. The van der Waals surface area contributed by atoms with Crippen molar-refractivity contribution >= 4 is 0 Å². The summed E-state index contributed by atoms with van der Waals surface area (Å²) >= 11 is 0. The van der Waals surface area contributed by atoms with E-state index in [0.29, 0.717) is 0 Å². The Bertz CT molecular complexity index is 386. The molecule has 0 aromatic carbocycles. The highest BCUT2D eigenvalue weighted by atomic mass is 16.3. The van der Waals surface area contributed by atoms with Gasteiger partial charge in [0.15, 0.2) is 0 Å². The number of hydrogen-bond donors (Lipinski definition) is 1. The highest BCUT2D eigenvalue weighted by Crippen LogP contribution is 2.31. The van der Waals surface area contributed by atoms with Crippen molar-refractivity contribution < 1.29 is 5.11 Å². The molecule has 2 nitrogen and oxygen atoms in total. The fourth-order valence-corrected chi connectivity index (χ4v) is 2.81. The molecule has 0 saturated carbocycles. The van der Waals surface area contributed by atoms with Crippen LogP contribution >= 0.6 is 0 Å². The summed E-state index contributed by atoms with van der Waals surface area (Å²) in [6.45, 7) is 0. The van der Waals surface area contributed by atoms with Gasteiger partial charge in [-0.3, -0.25) is 4.98 Å². The summed E-state index contributed by atoms with van der Waals surface area (Å²) < 4.78 is 0. The summed E-state index contributed by atoms with van der Waals surface area (Å²) in [4.78, 5) is 4.68. The summed E-state index contributed by atoms with van der Waals surface area (Å²) in [5, 5.41) is 9.90. The van der Waals surface area contributed by atoms with Crippen molar-refractivity contribution in [3.63, 3.8) is 0 Å². The lowest BCUT2D eigenvalue weighted by molar-refractivity contribution is 0.151. The topological polar surface area (TPSA) is 33.1 Å². The van der Waals surface area contributed by atoms with Crippen molar-refractivity contribution in [1.29, 1.82) is 0 Å². The highest BCUT2D eigenvalue weighted by molar-refractivity contribution is 5.34. The van der Waals surface area contributed by atoms with Crippen molar-refractivity contribution in [3.05, 3.63) is 28.6 Å². The summed E-state index contributed by atoms with van der Waals surface area (Å²) in [7, 11) is 0. The number of aliphatic hydroxyl groups excluding tert-OH is 1. The van der Waals surface area contributed by atoms with Gasteiger partial charge in [0.25, 0.3) is 0 Å². The second kappa shape index (κ2) is 3.60. The number of rotatable bonds is 0. The predicted octanol–water partition coefficient (Wildman–Crippen LogP) is 2.33. The van der Waals surface area contributed by atoms with Gasteiger partial charge in [-0.1, -0.05) is 6.07 Å². The Balaban J connectivity index is 2.08. The molecule has 3 rings (SSSR count). The zero-order valence-corrected chi connectivity index (χ0v) is 9.00. The van der Waals surface area contributed by atoms with E-state index in [1.54, 1.807) is 0 Å². The average molecular weight is 203 g/mol. The molecule has 0 fully saturated rings. The Morgan fingerprint density at radius 1 is 1.07 bits per heavy atom. The molecule has 2 aliphatic rings. The van der Waals surface area contributed by atoms with Crippen molar-refractivity contribution in [2.45, 2.75) is 51.0 Å². The molecule has 0 spiro atoms. The van der Waals surface area contributed by atoms with E-state index in [2.05, 4.69) is 11.1 Å². The number of nitrogens with zero attached hydrogens (tertiary/aromatic N) is 1. The Morgan fingerprint density at radius 3 is 2.80 bits per heavy atom. The summed E-state index contributed by atoms with van der Waals surface area (Å²) in [5.74, 6) is 0. The molecule has 0 saturated heterocycles. The molecule has 80 valence electrons. The van der Waals surface area contributed by atoms with Gasteiger partial charge in [-0.15, -0.1) is 0 Å². The molecule has 2 heteroatoms. The number of pyridine rings is 1. The first-order valence-electron chi connectivity index (χ1n) is 6.04. The summed E-state index contributed by atoms with van der Waals surface area (Å²) in [6.07, 6.45) is 7.65. The molecular formula is C13H17NO. The van der Waals surface area contributed by atoms with Crippen molar-refractivity contribution in [2.75, 3.05) is 0 Å². The highest BCUT2D eigenvalue weighted by Gasteiger charge is 2.22. The standard InChI is InChI=1S/C13H17NO/c15-12-7-3-5-10-8-9-4-1-2-6-11(9)14-13(10)12/h8,12,15H,1-7H2. The molecule has 0 aliphatic heterocycles. The van der Waals surface area contributed by atoms with Gasteiger partial charge in [0.1, 0.15) is 0 Å². The zero-order valence-electron chi connectivity index (χ0n) is 9.00. The summed E-state index contributed by atoms with van der Waals surface area (Å²) in [5.41, 5.74) is 4.96. The molecule has 1 heterocycles. The van der Waals surface area contributed by atoms with Gasteiger partial charge in [-0.25, -0.2) is 0 Å². The van der Waals surface area contributed by atoms with Crippen molar-refractivity contribution in [3.8, 4) is 0 Å². The van der Waals surface area contributed by atoms with E-state index >= 15 is 0 Å². The first kappa shape index (κ1) is 9.34. The van der Waals surface area contributed by atoms with Gasteiger partial charge < -0.3 is 5.11 Å². The van der Waals surface area contributed by atoms with Gasteiger partial charge in [-0.2, -0.15) is 0 Å². The van der Waals surface area contributed by atoms with E-state index < -0.39 is 0 Å². The lowest BCUT2D eigenvalue weighted by Gasteiger charge is -2.24. The predicted molar refractivity (Wildman–Crippen MR) is 58.8 cm³/mol. The van der Waals surface area contributed by atoms with E-state index in [9.17, 15) is 5.11 Å². The Kier molecular flexibility index (Phi) is 2.24. The van der Waals surface area contributed by atoms with Crippen LogP contribution in [0.1, 0.15) is 54.3 Å². The van der Waals surface area contributed by atoms with Crippen LogP contribution in [-0.4, -0.2) is 10.1 Å². The minimum absolute atomic E-state index is 0.305. The first-order valence-corrected chi connectivity index (χ1v) is 6.04. The molecule has 1 aromatic rings. The van der Waals surface area contributed by atoms with Crippen LogP contribution < -0.4 is 0 Å². The lowest BCUT2D eigenvalue weighted by atomic mass is 9.88. The zero-order chi connectivity index (χ0) is 10.3. The van der Waals surface area contributed by atoms with Crippen LogP contribution in [0, 0.1) is 0 Å². The van der Waals surface area contributed by atoms with Crippen LogP contribution in [0.5, 0.6) is 0 Å². The SMILES string of the molecule is OC1CCCc2cc3c(nc21)CCCC3. The molecule has 0 radical (unpaired) electrons. The molecule has 0 amide bonds. The molecule has 15 heavy (non-hydrogen) atoms. The quantitative estimate of drug-likeness (QED) is 0.702. The van der Waals surface area contributed by atoms with E-state index in [-0.39, 0.29) is 6.10 Å². The minimum Gasteiger partial charge on any atom is -0.387 e. The third kappa shape index (κ3) is 1.57. The molecule has 1 unspecified atom stereocenters. The van der Waals surface area contributed by atoms with Gasteiger partial charge in [0.2, 0.25) is 0 Å². The molecular weight excluding hydrogens is 186 g/mol. The smallest absolute Gasteiger partial charge is 0.0962 e. The minimum atomic E-state index is -0.305. The third-order valence-electron chi connectivity index (χ3n) is 3.65. The van der Waals surface area contributed by atoms with E-state index in [0.717, 1.165) is 31.4 Å². The molecule has 2 aliphatic carbocycles. The van der Waals surface area contributed by atoms with Gasteiger partial charge in [-0.05, 0) is 56.1 Å². The first-order chi connectivity index (χ1) is 7.34. The molecule has 1 atom stereocenters. The third-order valence-corrected chi connectivity index (χ3v) is 3.65. The van der Waals surface area contributed by atoms with Crippen LogP contribution in [-0.2, 0) is 19.3 Å². The van der Waals surface area contributed by atoms with E-state index in [4.69, 9.17) is 0 Å². The lowest BCUT2D eigenvalue weighted by Crippen LogP contribution is -2.16. The van der Waals surface area contributed by atoms with Crippen LogP contribution in [0.25, 0.3) is 0 Å². The fourth-order valence-electron chi connectivity index (χ4n) is 2.81. The van der Waals surface area contributed by atoms with Gasteiger partial charge >= 0.3 is 0 Å². The number of hydrogen-bond acceptors (Lipinski definition) is 2. The maximum absolute atomic E-state index is 9.90. The number of fused-ring (bicyclic) bond motifs is 2. The maximum atomic E-state index is 9.90. The van der Waals surface area contributed by atoms with Crippen LogP contribution in [0.3, 0.4) is 0 Å². The molecule has 0 bridgehead atoms. The average Bonchev–Trinajstić information content (AvgIpc) is 2.27. The van der Waals surface area contributed by atoms with Gasteiger partial charge in [0.05, 0.1) is 11.8 Å². The second-order valence-corrected chi connectivity index (χ2v) is 4.75. The number of aromatic nitrogens is 1. The van der Waals surface area contributed by atoms with Crippen LogP contribution in [0.2, 0.25) is 0 Å². The van der Waals surface area contributed by atoms with Crippen molar-refractivity contribution in [1.82, 2.24) is 4.98 Å². The van der Waals surface area contributed by atoms with Gasteiger partial charge in [0, 0.05) is 5.69 Å². The number of aliphatic hydroxyl groups is 1. The Morgan fingerprint density at radius 2 is 1.87 bits per heavy atom. The van der Waals surface area contributed by atoms with E-state index in [1.807, 2.05) is 0 Å². The molecule has 1 aromatic heterocycles. The fraction of sp³-hybridized carbons (Fsp3) is 0.615. The summed E-state index contributed by atoms with van der Waals surface area (Å²) in [6, 6.07) is 2.30. The number of aryl methyl sites for hydroxylation is 3. The second-order valence-electron chi connectivity index (χ2n) is 4.75. The van der Waals surface area contributed by atoms with Crippen molar-refractivity contribution in [2.24, 2.45) is 0 Å². The largest absolute Gasteiger partial charge is 0.387 e.